The molecule has 132 valence electrons. The van der Waals surface area contributed by atoms with Gasteiger partial charge < -0.3 is 4.74 Å². The van der Waals surface area contributed by atoms with Crippen molar-refractivity contribution in [3.8, 4) is 5.75 Å². The molecule has 0 bridgehead atoms. The van der Waals surface area contributed by atoms with E-state index < -0.39 is 0 Å². The van der Waals surface area contributed by atoms with Gasteiger partial charge in [-0.2, -0.15) is 0 Å². The summed E-state index contributed by atoms with van der Waals surface area (Å²) in [6.07, 6.45) is 6.54. The quantitative estimate of drug-likeness (QED) is 0.462. The predicted molar refractivity (Wildman–Crippen MR) is 110 cm³/mol. The molecule has 1 aliphatic rings. The van der Waals surface area contributed by atoms with Crippen molar-refractivity contribution in [2.24, 2.45) is 5.92 Å². The zero-order chi connectivity index (χ0) is 17.5. The fourth-order valence-corrected chi connectivity index (χ4v) is 4.12. The third kappa shape index (κ3) is 4.55. The van der Waals surface area contributed by atoms with E-state index in [1.54, 1.807) is 5.57 Å². The SMILES string of the molecule is CC/C(=C(/c1ccccc1)c1ccc(OCCBr)cc1)C1CCCC1. The number of rotatable bonds is 7. The van der Waals surface area contributed by atoms with E-state index in [1.165, 1.54) is 42.4 Å². The number of hydrogen-bond acceptors (Lipinski definition) is 1. The largest absolute Gasteiger partial charge is 0.493 e. The highest BCUT2D eigenvalue weighted by molar-refractivity contribution is 9.09. The van der Waals surface area contributed by atoms with Crippen molar-refractivity contribution in [3.63, 3.8) is 0 Å². The second-order valence-corrected chi connectivity index (χ2v) is 7.46. The Bertz CT molecular complexity index is 682. The molecule has 1 fully saturated rings. The smallest absolute Gasteiger partial charge is 0.119 e. The number of ether oxygens (including phenoxy) is 1. The van der Waals surface area contributed by atoms with Gasteiger partial charge in [-0.05, 0) is 54.0 Å². The molecular weight excluding hydrogens is 372 g/mol. The lowest BCUT2D eigenvalue weighted by atomic mass is 9.84. The van der Waals surface area contributed by atoms with Crippen molar-refractivity contribution in [2.45, 2.75) is 39.0 Å². The molecule has 1 saturated carbocycles. The number of halogens is 1. The maximum absolute atomic E-state index is 5.72. The third-order valence-corrected chi connectivity index (χ3v) is 5.43. The molecule has 0 aromatic heterocycles. The summed E-state index contributed by atoms with van der Waals surface area (Å²) in [6.45, 7) is 3.01. The van der Waals surface area contributed by atoms with Gasteiger partial charge in [-0.15, -0.1) is 0 Å². The summed E-state index contributed by atoms with van der Waals surface area (Å²) < 4.78 is 5.72. The molecule has 25 heavy (non-hydrogen) atoms. The standard InChI is InChI=1S/C23H27BrO/c1-2-22(18-8-6-7-9-18)23(19-10-4-3-5-11-19)20-12-14-21(15-13-20)25-17-16-24/h3-5,10-15,18H,2,6-9,16-17H2,1H3/b23-22+. The first-order valence-electron chi connectivity index (χ1n) is 9.41. The van der Waals surface area contributed by atoms with Crippen molar-refractivity contribution < 1.29 is 4.74 Å². The summed E-state index contributed by atoms with van der Waals surface area (Å²) in [5, 5.41) is 0.853. The van der Waals surface area contributed by atoms with E-state index in [9.17, 15) is 0 Å². The molecule has 0 amide bonds. The molecule has 2 aromatic carbocycles. The maximum atomic E-state index is 5.72. The minimum atomic E-state index is 0.697. The van der Waals surface area contributed by atoms with Crippen LogP contribution in [0, 0.1) is 5.92 Å². The van der Waals surface area contributed by atoms with Gasteiger partial charge in [-0.25, -0.2) is 0 Å². The minimum absolute atomic E-state index is 0.697. The van der Waals surface area contributed by atoms with Crippen LogP contribution in [0.4, 0.5) is 0 Å². The normalized spacial score (nSPS) is 15.9. The average molecular weight is 399 g/mol. The molecule has 0 saturated heterocycles. The molecule has 0 radical (unpaired) electrons. The van der Waals surface area contributed by atoms with Crippen molar-refractivity contribution in [3.05, 3.63) is 71.3 Å². The predicted octanol–water partition coefficient (Wildman–Crippen LogP) is 6.86. The van der Waals surface area contributed by atoms with E-state index in [1.807, 2.05) is 0 Å². The maximum Gasteiger partial charge on any atom is 0.119 e. The second kappa shape index (κ2) is 9.24. The minimum Gasteiger partial charge on any atom is -0.493 e. The van der Waals surface area contributed by atoms with Gasteiger partial charge in [-0.3, -0.25) is 0 Å². The van der Waals surface area contributed by atoms with E-state index in [0.717, 1.165) is 23.4 Å². The molecular formula is C23H27BrO. The van der Waals surface area contributed by atoms with Gasteiger partial charge in [0.25, 0.3) is 0 Å². The lowest BCUT2D eigenvalue weighted by Gasteiger charge is -2.21. The van der Waals surface area contributed by atoms with Crippen LogP contribution in [0.3, 0.4) is 0 Å². The zero-order valence-corrected chi connectivity index (χ0v) is 16.6. The monoisotopic (exact) mass is 398 g/mol. The van der Waals surface area contributed by atoms with Gasteiger partial charge in [0.2, 0.25) is 0 Å². The molecule has 0 N–H and O–H groups in total. The Morgan fingerprint density at radius 2 is 1.60 bits per heavy atom. The van der Waals surface area contributed by atoms with Crippen molar-refractivity contribution in [1.29, 1.82) is 0 Å². The van der Waals surface area contributed by atoms with Crippen LogP contribution in [0.2, 0.25) is 0 Å². The van der Waals surface area contributed by atoms with Crippen LogP contribution in [-0.4, -0.2) is 11.9 Å². The second-order valence-electron chi connectivity index (χ2n) is 6.66. The average Bonchev–Trinajstić information content (AvgIpc) is 3.20. The highest BCUT2D eigenvalue weighted by atomic mass is 79.9. The topological polar surface area (TPSA) is 9.23 Å². The fourth-order valence-electron chi connectivity index (χ4n) is 3.96. The van der Waals surface area contributed by atoms with Crippen LogP contribution in [0.5, 0.6) is 5.75 Å². The Labute approximate surface area is 160 Å². The molecule has 0 spiro atoms. The molecule has 0 unspecified atom stereocenters. The number of alkyl halides is 1. The number of benzene rings is 2. The van der Waals surface area contributed by atoms with Crippen molar-refractivity contribution in [1.82, 2.24) is 0 Å². The highest BCUT2D eigenvalue weighted by Crippen LogP contribution is 2.39. The van der Waals surface area contributed by atoms with E-state index in [4.69, 9.17) is 4.74 Å². The van der Waals surface area contributed by atoms with Crippen LogP contribution in [0.15, 0.2) is 60.2 Å². The summed E-state index contributed by atoms with van der Waals surface area (Å²) in [5.74, 6) is 1.68. The summed E-state index contributed by atoms with van der Waals surface area (Å²) in [6, 6.07) is 19.5. The summed E-state index contributed by atoms with van der Waals surface area (Å²) >= 11 is 3.41. The molecule has 0 heterocycles. The molecule has 2 aromatic rings. The Balaban J connectivity index is 2.02. The summed E-state index contributed by atoms with van der Waals surface area (Å²) in [5.41, 5.74) is 5.70. The molecule has 0 atom stereocenters. The van der Waals surface area contributed by atoms with Crippen LogP contribution in [0.1, 0.15) is 50.2 Å². The number of hydrogen-bond donors (Lipinski definition) is 0. The van der Waals surface area contributed by atoms with Crippen LogP contribution >= 0.6 is 15.9 Å². The first-order chi connectivity index (χ1) is 12.3. The molecule has 1 nitrogen and oxygen atoms in total. The Kier molecular flexibility index (Phi) is 6.75. The van der Waals surface area contributed by atoms with Gasteiger partial charge in [0.1, 0.15) is 5.75 Å². The zero-order valence-electron chi connectivity index (χ0n) is 15.0. The molecule has 2 heteroatoms. The van der Waals surface area contributed by atoms with E-state index in [0.29, 0.717) is 6.61 Å². The Morgan fingerprint density at radius 3 is 2.20 bits per heavy atom. The molecule has 0 aliphatic heterocycles. The van der Waals surface area contributed by atoms with Gasteiger partial charge in [-0.1, -0.05) is 83.7 Å². The van der Waals surface area contributed by atoms with E-state index in [2.05, 4.69) is 77.5 Å². The van der Waals surface area contributed by atoms with E-state index in [-0.39, 0.29) is 0 Å². The van der Waals surface area contributed by atoms with Crippen LogP contribution in [-0.2, 0) is 0 Å². The lowest BCUT2D eigenvalue weighted by Crippen LogP contribution is -2.04. The Hall–Kier alpha value is -1.54. The first-order valence-corrected chi connectivity index (χ1v) is 10.5. The van der Waals surface area contributed by atoms with Gasteiger partial charge >= 0.3 is 0 Å². The third-order valence-electron chi connectivity index (χ3n) is 5.10. The first kappa shape index (κ1) is 18.3. The Morgan fingerprint density at radius 1 is 0.960 bits per heavy atom. The van der Waals surface area contributed by atoms with Gasteiger partial charge in [0.05, 0.1) is 6.61 Å². The number of allylic oxidation sites excluding steroid dienone is 1. The van der Waals surface area contributed by atoms with Gasteiger partial charge in [0.15, 0.2) is 0 Å². The van der Waals surface area contributed by atoms with Crippen LogP contribution in [0.25, 0.3) is 5.57 Å². The lowest BCUT2D eigenvalue weighted by molar-refractivity contribution is 0.345. The molecule has 3 rings (SSSR count). The summed E-state index contributed by atoms with van der Waals surface area (Å²) in [7, 11) is 0. The van der Waals surface area contributed by atoms with E-state index >= 15 is 0 Å². The fraction of sp³-hybridized carbons (Fsp3) is 0.391. The van der Waals surface area contributed by atoms with Crippen LogP contribution < -0.4 is 4.74 Å². The van der Waals surface area contributed by atoms with Gasteiger partial charge in [0, 0.05) is 5.33 Å². The molecule has 1 aliphatic carbocycles. The summed E-state index contributed by atoms with van der Waals surface area (Å²) in [4.78, 5) is 0. The van der Waals surface area contributed by atoms with Crippen molar-refractivity contribution in [2.75, 3.05) is 11.9 Å². The van der Waals surface area contributed by atoms with Crippen molar-refractivity contribution >= 4 is 21.5 Å². The highest BCUT2D eigenvalue weighted by Gasteiger charge is 2.22.